The zero-order valence-corrected chi connectivity index (χ0v) is 21.2. The monoisotopic (exact) mass is 512 g/mol. The molecule has 2 aromatic heterocycles. The van der Waals surface area contributed by atoms with Gasteiger partial charge in [-0.2, -0.15) is 0 Å². The molecule has 1 fully saturated rings. The van der Waals surface area contributed by atoms with Gasteiger partial charge in [0.2, 0.25) is 11.7 Å². The number of piperidine rings is 1. The number of methoxy groups -OCH3 is 1. The van der Waals surface area contributed by atoms with E-state index in [9.17, 15) is 14.4 Å². The van der Waals surface area contributed by atoms with E-state index < -0.39 is 5.97 Å². The summed E-state index contributed by atoms with van der Waals surface area (Å²) in [6.45, 7) is 5.95. The number of anilines is 1. The summed E-state index contributed by atoms with van der Waals surface area (Å²) >= 11 is 5.87. The van der Waals surface area contributed by atoms with E-state index >= 15 is 0 Å². The van der Waals surface area contributed by atoms with E-state index in [2.05, 4.69) is 39.3 Å². The van der Waals surface area contributed by atoms with Gasteiger partial charge in [0.25, 0.3) is 5.91 Å². The van der Waals surface area contributed by atoms with E-state index in [4.69, 9.17) is 16.3 Å². The molecule has 1 aliphatic heterocycles. The normalized spacial score (nSPS) is 14.7. The Morgan fingerprint density at radius 1 is 1.17 bits per heavy atom. The molecule has 3 heterocycles. The molecule has 11 heteroatoms. The second kappa shape index (κ2) is 11.0. The molecular formula is C25H29ClN6O4. The molecule has 0 unspecified atom stereocenters. The number of nitrogens with zero attached hydrogens (tertiary/aromatic N) is 4. The van der Waals surface area contributed by atoms with Gasteiger partial charge in [-0.25, -0.2) is 14.8 Å². The maximum absolute atomic E-state index is 13.3. The minimum Gasteiger partial charge on any atom is -0.465 e. The molecule has 0 spiro atoms. The molecule has 0 aliphatic carbocycles. The van der Waals surface area contributed by atoms with Crippen LogP contribution in [0.1, 0.15) is 47.7 Å². The molecule has 2 N–H and O–H groups in total. The van der Waals surface area contributed by atoms with Crippen LogP contribution in [-0.4, -0.2) is 69.5 Å². The predicted molar refractivity (Wildman–Crippen MR) is 136 cm³/mol. The lowest BCUT2D eigenvalue weighted by Crippen LogP contribution is -2.47. The first-order valence-corrected chi connectivity index (χ1v) is 12.2. The lowest BCUT2D eigenvalue weighted by atomic mass is 10.0. The van der Waals surface area contributed by atoms with Crippen LogP contribution in [0.3, 0.4) is 0 Å². The summed E-state index contributed by atoms with van der Waals surface area (Å²) in [7, 11) is 1.30. The number of pyridine rings is 1. The fourth-order valence-corrected chi connectivity index (χ4v) is 4.41. The summed E-state index contributed by atoms with van der Waals surface area (Å²) in [5.74, 6) is -0.838. The Hall–Kier alpha value is -3.50. The summed E-state index contributed by atoms with van der Waals surface area (Å²) < 4.78 is 6.34. The molecule has 4 rings (SSSR count). The van der Waals surface area contributed by atoms with Crippen molar-refractivity contribution in [2.75, 3.05) is 25.5 Å². The molecule has 0 saturated carbocycles. The van der Waals surface area contributed by atoms with Gasteiger partial charge < -0.3 is 24.8 Å². The largest absolute Gasteiger partial charge is 0.465 e. The zero-order chi connectivity index (χ0) is 25.8. The van der Waals surface area contributed by atoms with Gasteiger partial charge in [0.1, 0.15) is 12.4 Å². The van der Waals surface area contributed by atoms with Crippen LogP contribution in [-0.2, 0) is 16.1 Å². The number of aromatic nitrogens is 3. The zero-order valence-electron chi connectivity index (χ0n) is 20.5. The van der Waals surface area contributed by atoms with Crippen LogP contribution in [0.15, 0.2) is 36.5 Å². The molecule has 10 nitrogen and oxygen atoms in total. The topological polar surface area (TPSA) is 118 Å². The Bertz CT molecular complexity index is 1270. The highest BCUT2D eigenvalue weighted by atomic mass is 35.5. The van der Waals surface area contributed by atoms with E-state index in [0.29, 0.717) is 33.5 Å². The molecule has 1 aliphatic rings. The third-order valence-corrected chi connectivity index (χ3v) is 6.49. The van der Waals surface area contributed by atoms with E-state index in [1.54, 1.807) is 34.9 Å². The standard InChI is InChI=1S/C25H29ClN6O4/c1-15(2)31-10-8-18(9-11-31)28-24(34)23-29-19-12-16(25(35)36-3)4-6-20(19)32(23)14-22(33)30-21-7-5-17(26)13-27-21/h4-7,12-13,15,18H,8-11,14H2,1-3H3,(H,28,34)(H,27,30,33). The number of imidazole rings is 1. The number of benzene rings is 1. The molecule has 1 aromatic carbocycles. The van der Waals surface area contributed by atoms with Crippen LogP contribution in [0.4, 0.5) is 5.82 Å². The number of fused-ring (bicyclic) bond motifs is 1. The Labute approximate surface area is 214 Å². The highest BCUT2D eigenvalue weighted by molar-refractivity contribution is 6.30. The second-order valence-corrected chi connectivity index (χ2v) is 9.44. The van der Waals surface area contributed by atoms with Gasteiger partial charge in [-0.15, -0.1) is 0 Å². The molecule has 190 valence electrons. The lowest BCUT2D eigenvalue weighted by molar-refractivity contribution is -0.116. The minimum atomic E-state index is -0.513. The van der Waals surface area contributed by atoms with Crippen molar-refractivity contribution in [1.82, 2.24) is 24.8 Å². The smallest absolute Gasteiger partial charge is 0.337 e. The predicted octanol–water partition coefficient (Wildman–Crippen LogP) is 3.11. The number of nitrogens with one attached hydrogen (secondary N) is 2. The first-order valence-electron chi connectivity index (χ1n) is 11.8. The Morgan fingerprint density at radius 2 is 1.92 bits per heavy atom. The van der Waals surface area contributed by atoms with E-state index in [1.165, 1.54) is 13.3 Å². The van der Waals surface area contributed by atoms with Gasteiger partial charge in [-0.3, -0.25) is 9.59 Å². The van der Waals surface area contributed by atoms with Gasteiger partial charge in [-0.1, -0.05) is 11.6 Å². The second-order valence-electron chi connectivity index (χ2n) is 9.00. The van der Waals surface area contributed by atoms with Crippen molar-refractivity contribution in [3.05, 3.63) is 52.9 Å². The summed E-state index contributed by atoms with van der Waals surface area (Å²) in [5, 5.41) is 6.23. The number of hydrogen-bond acceptors (Lipinski definition) is 7. The Balaban J connectivity index is 1.59. The number of rotatable bonds is 7. The van der Waals surface area contributed by atoms with Crippen LogP contribution < -0.4 is 10.6 Å². The Kier molecular flexibility index (Phi) is 7.85. The third-order valence-electron chi connectivity index (χ3n) is 6.26. The molecule has 0 atom stereocenters. The number of esters is 1. The van der Waals surface area contributed by atoms with Crippen molar-refractivity contribution >= 4 is 46.2 Å². The van der Waals surface area contributed by atoms with Gasteiger partial charge >= 0.3 is 5.97 Å². The van der Waals surface area contributed by atoms with Crippen LogP contribution in [0.2, 0.25) is 5.02 Å². The van der Waals surface area contributed by atoms with Gasteiger partial charge in [0.05, 0.1) is 28.7 Å². The van der Waals surface area contributed by atoms with Crippen molar-refractivity contribution in [2.45, 2.75) is 45.3 Å². The van der Waals surface area contributed by atoms with Crippen LogP contribution in [0.5, 0.6) is 0 Å². The number of halogens is 1. The quantitative estimate of drug-likeness (QED) is 0.467. The fraction of sp³-hybridized carbons (Fsp3) is 0.400. The summed E-state index contributed by atoms with van der Waals surface area (Å²) in [6.07, 6.45) is 3.10. The first kappa shape index (κ1) is 25.6. The van der Waals surface area contributed by atoms with Gasteiger partial charge in [0.15, 0.2) is 0 Å². The number of hydrogen-bond donors (Lipinski definition) is 2. The van der Waals surface area contributed by atoms with E-state index in [1.807, 2.05) is 0 Å². The first-order chi connectivity index (χ1) is 17.2. The molecule has 1 saturated heterocycles. The minimum absolute atomic E-state index is 0.0125. The van der Waals surface area contributed by atoms with E-state index in [0.717, 1.165) is 25.9 Å². The number of amides is 2. The highest BCUT2D eigenvalue weighted by Crippen LogP contribution is 2.21. The lowest BCUT2D eigenvalue weighted by Gasteiger charge is -2.34. The third kappa shape index (κ3) is 5.83. The molecule has 2 amide bonds. The van der Waals surface area contributed by atoms with E-state index in [-0.39, 0.29) is 30.2 Å². The Morgan fingerprint density at radius 3 is 2.56 bits per heavy atom. The molecular weight excluding hydrogens is 484 g/mol. The maximum Gasteiger partial charge on any atom is 0.337 e. The molecule has 3 aromatic rings. The SMILES string of the molecule is COC(=O)c1ccc2c(c1)nc(C(=O)NC1CCN(C(C)C)CC1)n2CC(=O)Nc1ccc(Cl)cn1. The van der Waals surface area contributed by atoms with Crippen molar-refractivity contribution in [3.63, 3.8) is 0 Å². The molecule has 36 heavy (non-hydrogen) atoms. The highest BCUT2D eigenvalue weighted by Gasteiger charge is 2.26. The van der Waals surface area contributed by atoms with Crippen molar-refractivity contribution in [2.24, 2.45) is 0 Å². The molecule has 0 bridgehead atoms. The van der Waals surface area contributed by atoms with Gasteiger partial charge in [0, 0.05) is 31.4 Å². The summed E-state index contributed by atoms with van der Waals surface area (Å²) in [4.78, 5) is 49.1. The number of carbonyl (C=O) groups is 3. The summed E-state index contributed by atoms with van der Waals surface area (Å²) in [5.41, 5.74) is 1.26. The number of likely N-dealkylation sites (tertiary alicyclic amines) is 1. The van der Waals surface area contributed by atoms with Crippen molar-refractivity contribution < 1.29 is 19.1 Å². The van der Waals surface area contributed by atoms with Crippen molar-refractivity contribution in [1.29, 1.82) is 0 Å². The number of carbonyl (C=O) groups excluding carboxylic acids is 3. The fourth-order valence-electron chi connectivity index (χ4n) is 4.29. The molecule has 0 radical (unpaired) electrons. The van der Waals surface area contributed by atoms with Crippen LogP contribution in [0.25, 0.3) is 11.0 Å². The van der Waals surface area contributed by atoms with Crippen molar-refractivity contribution in [3.8, 4) is 0 Å². The van der Waals surface area contributed by atoms with Crippen LogP contribution >= 0.6 is 11.6 Å². The van der Waals surface area contributed by atoms with Gasteiger partial charge in [-0.05, 0) is 57.0 Å². The number of ether oxygens (including phenoxy) is 1. The maximum atomic E-state index is 13.3. The van der Waals surface area contributed by atoms with Crippen LogP contribution in [0, 0.1) is 0 Å². The average Bonchev–Trinajstić information content (AvgIpc) is 3.22. The average molecular weight is 513 g/mol. The summed E-state index contributed by atoms with van der Waals surface area (Å²) in [6, 6.07) is 8.46.